The van der Waals surface area contributed by atoms with Gasteiger partial charge in [-0.05, 0) is 6.42 Å². The predicted octanol–water partition coefficient (Wildman–Crippen LogP) is -2.35. The predicted molar refractivity (Wildman–Crippen MR) is 72.5 cm³/mol. The molecule has 0 aromatic carbocycles. The number of hydrogen-bond acceptors (Lipinski definition) is 9. The van der Waals surface area contributed by atoms with Crippen molar-refractivity contribution in [3.8, 4) is 0 Å². The summed E-state index contributed by atoms with van der Waals surface area (Å²) in [6.45, 7) is 1.94. The van der Waals surface area contributed by atoms with Gasteiger partial charge >= 0.3 is 0 Å². The molecule has 1 aliphatic rings. The van der Waals surface area contributed by atoms with Crippen molar-refractivity contribution < 1.29 is 20.1 Å². The molecular formula is C11H19N5O5. The number of nitrogens with one attached hydrogen (secondary N) is 1. The van der Waals surface area contributed by atoms with Crippen molar-refractivity contribution in [2.45, 2.75) is 37.9 Å². The molecule has 6 N–H and O–H groups in total. The van der Waals surface area contributed by atoms with Crippen LogP contribution in [0.15, 0.2) is 4.79 Å². The van der Waals surface area contributed by atoms with Crippen molar-refractivity contribution in [3.63, 3.8) is 0 Å². The number of nitrogen functional groups attached to an aromatic ring is 1. The first-order valence-corrected chi connectivity index (χ1v) is 6.62. The second-order valence-corrected chi connectivity index (χ2v) is 4.76. The van der Waals surface area contributed by atoms with E-state index < -0.39 is 36.7 Å². The summed E-state index contributed by atoms with van der Waals surface area (Å²) in [6, 6.07) is 0. The Morgan fingerprint density at radius 2 is 2.14 bits per heavy atom. The van der Waals surface area contributed by atoms with E-state index in [0.717, 1.165) is 11.1 Å². The quantitative estimate of drug-likeness (QED) is 0.402. The van der Waals surface area contributed by atoms with E-state index in [1.165, 1.54) is 0 Å². The molecule has 1 aliphatic heterocycles. The SMILES string of the molecule is CCCNc1c(N)nnn(C2OC(CO)C(O)C2O)c1=O. The summed E-state index contributed by atoms with van der Waals surface area (Å²) in [7, 11) is 0. The topological polar surface area (TPSA) is 156 Å². The Bertz CT molecular complexity index is 550. The van der Waals surface area contributed by atoms with Crippen LogP contribution in [0.2, 0.25) is 0 Å². The number of hydrogen-bond donors (Lipinski definition) is 5. The van der Waals surface area contributed by atoms with Crippen molar-refractivity contribution in [2.24, 2.45) is 0 Å². The van der Waals surface area contributed by atoms with Gasteiger partial charge in [0.05, 0.1) is 6.61 Å². The van der Waals surface area contributed by atoms with Crippen LogP contribution in [0.5, 0.6) is 0 Å². The highest BCUT2D eigenvalue weighted by molar-refractivity contribution is 5.58. The number of aliphatic hydroxyl groups is 3. The van der Waals surface area contributed by atoms with Gasteiger partial charge in [-0.1, -0.05) is 12.1 Å². The Kier molecular flexibility index (Phi) is 4.73. The maximum Gasteiger partial charge on any atom is 0.297 e. The van der Waals surface area contributed by atoms with Gasteiger partial charge in [0.25, 0.3) is 5.56 Å². The van der Waals surface area contributed by atoms with Crippen LogP contribution in [0.3, 0.4) is 0 Å². The third kappa shape index (κ3) is 2.83. The minimum Gasteiger partial charge on any atom is -0.394 e. The molecule has 0 saturated carbocycles. The van der Waals surface area contributed by atoms with E-state index in [1.54, 1.807) is 0 Å². The van der Waals surface area contributed by atoms with Crippen molar-refractivity contribution in [2.75, 3.05) is 24.2 Å². The largest absolute Gasteiger partial charge is 0.394 e. The molecule has 0 amide bonds. The summed E-state index contributed by atoms with van der Waals surface area (Å²) in [6.07, 6.45) is -4.19. The molecule has 21 heavy (non-hydrogen) atoms. The average molecular weight is 301 g/mol. The minimum absolute atomic E-state index is 0.0588. The molecule has 0 aliphatic carbocycles. The lowest BCUT2D eigenvalue weighted by Gasteiger charge is -2.17. The van der Waals surface area contributed by atoms with Crippen molar-refractivity contribution in [3.05, 3.63) is 10.4 Å². The molecule has 10 nitrogen and oxygen atoms in total. The zero-order chi connectivity index (χ0) is 15.6. The van der Waals surface area contributed by atoms with E-state index in [4.69, 9.17) is 15.6 Å². The fourth-order valence-electron chi connectivity index (χ4n) is 2.08. The molecule has 1 aromatic rings. The molecule has 1 saturated heterocycles. The molecule has 118 valence electrons. The first-order valence-electron chi connectivity index (χ1n) is 6.62. The van der Waals surface area contributed by atoms with Gasteiger partial charge in [0.1, 0.15) is 24.0 Å². The standard InChI is InChI=1S/C11H19N5O5/c1-2-3-13-6-9(12)14-15-16(10(6)20)11-8(19)7(18)5(4-17)21-11/h5,7-8,11,13,17-19H,2-4,12H2,1H3. The van der Waals surface area contributed by atoms with Crippen molar-refractivity contribution >= 4 is 11.5 Å². The molecule has 4 unspecified atom stereocenters. The van der Waals surface area contributed by atoms with Gasteiger partial charge in [0.2, 0.25) is 0 Å². The summed E-state index contributed by atoms with van der Waals surface area (Å²) >= 11 is 0. The molecule has 1 aromatic heterocycles. The number of rotatable bonds is 5. The summed E-state index contributed by atoms with van der Waals surface area (Å²) in [5.74, 6) is -0.0588. The Balaban J connectivity index is 2.35. The average Bonchev–Trinajstić information content (AvgIpc) is 2.75. The van der Waals surface area contributed by atoms with Gasteiger partial charge in [0.15, 0.2) is 12.0 Å². The van der Waals surface area contributed by atoms with E-state index in [2.05, 4.69) is 15.6 Å². The van der Waals surface area contributed by atoms with Crippen LogP contribution in [-0.4, -0.2) is 61.8 Å². The Morgan fingerprint density at radius 3 is 2.71 bits per heavy atom. The van der Waals surface area contributed by atoms with E-state index >= 15 is 0 Å². The first-order chi connectivity index (χ1) is 10.0. The second-order valence-electron chi connectivity index (χ2n) is 4.76. The lowest BCUT2D eigenvalue weighted by molar-refractivity contribution is -0.0621. The second kappa shape index (κ2) is 6.35. The number of anilines is 2. The molecule has 1 fully saturated rings. The maximum atomic E-state index is 12.3. The summed E-state index contributed by atoms with van der Waals surface area (Å²) in [5.41, 5.74) is 5.04. The van der Waals surface area contributed by atoms with E-state index in [1.807, 2.05) is 6.92 Å². The molecule has 0 spiro atoms. The Morgan fingerprint density at radius 1 is 1.43 bits per heavy atom. The van der Waals surface area contributed by atoms with Gasteiger partial charge in [-0.25, -0.2) is 0 Å². The summed E-state index contributed by atoms with van der Waals surface area (Å²) in [4.78, 5) is 12.3. The van der Waals surface area contributed by atoms with Crippen LogP contribution in [0.25, 0.3) is 0 Å². The number of aliphatic hydroxyl groups excluding tert-OH is 3. The fourth-order valence-corrected chi connectivity index (χ4v) is 2.08. The molecule has 0 bridgehead atoms. The minimum atomic E-state index is -1.41. The van der Waals surface area contributed by atoms with Crippen LogP contribution in [0, 0.1) is 0 Å². The van der Waals surface area contributed by atoms with Gasteiger partial charge in [-0.15, -0.1) is 5.10 Å². The van der Waals surface area contributed by atoms with E-state index in [9.17, 15) is 15.0 Å². The highest BCUT2D eigenvalue weighted by atomic mass is 16.6. The van der Waals surface area contributed by atoms with Crippen LogP contribution in [0.4, 0.5) is 11.5 Å². The molecule has 0 radical (unpaired) electrons. The Hall–Kier alpha value is -1.75. The van der Waals surface area contributed by atoms with Crippen molar-refractivity contribution in [1.82, 2.24) is 15.0 Å². The first kappa shape index (κ1) is 15.6. The zero-order valence-electron chi connectivity index (χ0n) is 11.5. The Labute approximate surface area is 120 Å². The molecule has 2 rings (SSSR count). The van der Waals surface area contributed by atoms with Gasteiger partial charge in [-0.2, -0.15) is 4.68 Å². The van der Waals surface area contributed by atoms with Crippen LogP contribution < -0.4 is 16.6 Å². The van der Waals surface area contributed by atoms with Crippen molar-refractivity contribution in [1.29, 1.82) is 0 Å². The molecule has 10 heteroatoms. The number of ether oxygens (including phenoxy) is 1. The van der Waals surface area contributed by atoms with E-state index in [0.29, 0.717) is 6.54 Å². The number of nitrogens with two attached hydrogens (primary N) is 1. The van der Waals surface area contributed by atoms with E-state index in [-0.39, 0.29) is 11.5 Å². The maximum absolute atomic E-state index is 12.3. The normalized spacial score (nSPS) is 28.8. The summed E-state index contributed by atoms with van der Waals surface area (Å²) < 4.78 is 6.05. The molecule has 2 heterocycles. The lowest BCUT2D eigenvalue weighted by Crippen LogP contribution is -2.38. The smallest absolute Gasteiger partial charge is 0.297 e. The van der Waals surface area contributed by atoms with Gasteiger partial charge in [0, 0.05) is 6.54 Å². The summed E-state index contributed by atoms with van der Waals surface area (Å²) in [5, 5.41) is 38.7. The van der Waals surface area contributed by atoms with Crippen LogP contribution >= 0.6 is 0 Å². The molecule has 4 atom stereocenters. The van der Waals surface area contributed by atoms with Crippen LogP contribution in [-0.2, 0) is 4.74 Å². The number of aromatic nitrogens is 3. The highest BCUT2D eigenvalue weighted by Crippen LogP contribution is 2.27. The molecular weight excluding hydrogens is 282 g/mol. The lowest BCUT2D eigenvalue weighted by atomic mass is 10.1. The third-order valence-electron chi connectivity index (χ3n) is 3.24. The zero-order valence-corrected chi connectivity index (χ0v) is 11.5. The number of nitrogens with zero attached hydrogens (tertiary/aromatic N) is 3. The highest BCUT2D eigenvalue weighted by Gasteiger charge is 2.44. The van der Waals surface area contributed by atoms with Gasteiger partial charge in [-0.3, -0.25) is 4.79 Å². The fraction of sp³-hybridized carbons (Fsp3) is 0.727. The monoisotopic (exact) mass is 301 g/mol. The van der Waals surface area contributed by atoms with Crippen LogP contribution in [0.1, 0.15) is 19.6 Å². The third-order valence-corrected chi connectivity index (χ3v) is 3.24. The van der Waals surface area contributed by atoms with Gasteiger partial charge < -0.3 is 31.1 Å².